The number of imidazole rings is 1. The van der Waals surface area contributed by atoms with Gasteiger partial charge < -0.3 is 15.4 Å². The lowest BCUT2D eigenvalue weighted by atomic mass is 10.2. The van der Waals surface area contributed by atoms with Crippen molar-refractivity contribution in [1.82, 2.24) is 20.0 Å². The van der Waals surface area contributed by atoms with E-state index in [-0.39, 0.29) is 30.1 Å². The average Bonchev–Trinajstić information content (AvgIpc) is 3.21. The lowest BCUT2D eigenvalue weighted by Crippen LogP contribution is -2.41. The van der Waals surface area contributed by atoms with Crippen LogP contribution in [0.1, 0.15) is 25.1 Å². The van der Waals surface area contributed by atoms with Crippen LogP contribution < -0.4 is 15.4 Å². The fraction of sp³-hybridized carbons (Fsp3) is 0.368. The first-order valence-corrected chi connectivity index (χ1v) is 9.69. The Balaban J connectivity index is 0.00000261. The first-order chi connectivity index (χ1) is 12.7. The van der Waals surface area contributed by atoms with Crippen LogP contribution in [0.3, 0.4) is 0 Å². The second kappa shape index (κ2) is 10.5. The number of halogens is 1. The molecule has 0 spiro atoms. The van der Waals surface area contributed by atoms with E-state index in [9.17, 15) is 0 Å². The number of aromatic nitrogens is 2. The molecule has 0 saturated heterocycles. The van der Waals surface area contributed by atoms with Crippen LogP contribution in [0, 0.1) is 6.92 Å². The van der Waals surface area contributed by atoms with E-state index in [0.717, 1.165) is 34.5 Å². The Morgan fingerprint density at radius 2 is 2.15 bits per heavy atom. The van der Waals surface area contributed by atoms with E-state index in [1.807, 2.05) is 47.3 Å². The molecule has 0 radical (unpaired) electrons. The molecule has 0 aliphatic rings. The smallest absolute Gasteiger partial charge is 0.193 e. The van der Waals surface area contributed by atoms with Crippen LogP contribution in [0.25, 0.3) is 4.96 Å². The molecule has 27 heavy (non-hydrogen) atoms. The van der Waals surface area contributed by atoms with Gasteiger partial charge in [-0.2, -0.15) is 0 Å². The minimum Gasteiger partial charge on any atom is -0.489 e. The molecule has 1 aromatic carbocycles. The first kappa shape index (κ1) is 21.5. The third-order valence-electron chi connectivity index (χ3n) is 3.87. The molecule has 146 valence electrons. The van der Waals surface area contributed by atoms with Gasteiger partial charge in [-0.3, -0.25) is 4.40 Å². The van der Waals surface area contributed by atoms with Gasteiger partial charge in [0.05, 0.1) is 18.8 Å². The summed E-state index contributed by atoms with van der Waals surface area (Å²) in [4.78, 5) is 10.2. The van der Waals surface area contributed by atoms with Crippen molar-refractivity contribution in [1.29, 1.82) is 0 Å². The van der Waals surface area contributed by atoms with Crippen LogP contribution in [-0.4, -0.2) is 34.5 Å². The number of para-hydroxylation sites is 1. The molecule has 0 aliphatic heterocycles. The van der Waals surface area contributed by atoms with Gasteiger partial charge in [0, 0.05) is 24.3 Å². The van der Waals surface area contributed by atoms with E-state index in [1.165, 1.54) is 0 Å². The molecule has 1 unspecified atom stereocenters. The Hall–Kier alpha value is -1.81. The summed E-state index contributed by atoms with van der Waals surface area (Å²) in [5.74, 6) is 1.69. The Kier molecular flexibility index (Phi) is 8.36. The summed E-state index contributed by atoms with van der Waals surface area (Å²) >= 11 is 1.62. The molecule has 0 fully saturated rings. The van der Waals surface area contributed by atoms with E-state index < -0.39 is 0 Å². The summed E-state index contributed by atoms with van der Waals surface area (Å²) in [6.45, 7) is 8.16. The maximum Gasteiger partial charge on any atom is 0.193 e. The summed E-state index contributed by atoms with van der Waals surface area (Å²) in [5, 5.41) is 8.63. The van der Waals surface area contributed by atoms with Crippen molar-refractivity contribution < 1.29 is 4.74 Å². The maximum atomic E-state index is 6.01. The molecular weight excluding hydrogens is 473 g/mol. The predicted octanol–water partition coefficient (Wildman–Crippen LogP) is 3.84. The molecule has 0 saturated carbocycles. The molecule has 0 amide bonds. The second-order valence-electron chi connectivity index (χ2n) is 6.10. The summed E-state index contributed by atoms with van der Waals surface area (Å²) in [5.41, 5.74) is 2.10. The SMILES string of the molecule is CCNC(=NCc1cn2ccsc2n1)NCC(C)Oc1ccccc1C.I. The number of ether oxygens (including phenoxy) is 1. The van der Waals surface area contributed by atoms with Crippen molar-refractivity contribution in [2.45, 2.75) is 33.4 Å². The Labute approximate surface area is 181 Å². The number of aryl methyl sites for hydroxylation is 1. The van der Waals surface area contributed by atoms with Crippen LogP contribution >= 0.6 is 35.3 Å². The number of benzene rings is 1. The van der Waals surface area contributed by atoms with Gasteiger partial charge in [-0.1, -0.05) is 18.2 Å². The molecular formula is C19H26IN5OS. The van der Waals surface area contributed by atoms with Crippen molar-refractivity contribution in [3.8, 4) is 5.75 Å². The fourth-order valence-electron chi connectivity index (χ4n) is 2.54. The summed E-state index contributed by atoms with van der Waals surface area (Å²) < 4.78 is 8.03. The number of nitrogens with one attached hydrogen (secondary N) is 2. The molecule has 1 atom stereocenters. The van der Waals surface area contributed by atoms with E-state index in [1.54, 1.807) is 11.3 Å². The van der Waals surface area contributed by atoms with Gasteiger partial charge >= 0.3 is 0 Å². The Morgan fingerprint density at radius 1 is 1.33 bits per heavy atom. The number of rotatable bonds is 7. The molecule has 0 bridgehead atoms. The van der Waals surface area contributed by atoms with Gasteiger partial charge in [0.15, 0.2) is 10.9 Å². The Morgan fingerprint density at radius 3 is 2.89 bits per heavy atom. The Bertz CT molecular complexity index is 847. The van der Waals surface area contributed by atoms with E-state index in [0.29, 0.717) is 13.1 Å². The van der Waals surface area contributed by atoms with Gasteiger partial charge in [0.1, 0.15) is 11.9 Å². The van der Waals surface area contributed by atoms with Gasteiger partial charge in [-0.25, -0.2) is 9.98 Å². The van der Waals surface area contributed by atoms with Crippen LogP contribution in [0.4, 0.5) is 0 Å². The molecule has 2 N–H and O–H groups in total. The number of aliphatic imine (C=N–C) groups is 1. The van der Waals surface area contributed by atoms with E-state index in [4.69, 9.17) is 4.74 Å². The van der Waals surface area contributed by atoms with Crippen molar-refractivity contribution >= 4 is 46.2 Å². The van der Waals surface area contributed by atoms with Crippen molar-refractivity contribution in [2.75, 3.05) is 13.1 Å². The van der Waals surface area contributed by atoms with Crippen molar-refractivity contribution in [3.05, 3.63) is 53.3 Å². The lowest BCUT2D eigenvalue weighted by Gasteiger charge is -2.18. The number of nitrogens with zero attached hydrogens (tertiary/aromatic N) is 3. The van der Waals surface area contributed by atoms with Crippen molar-refractivity contribution in [3.63, 3.8) is 0 Å². The summed E-state index contributed by atoms with van der Waals surface area (Å²) in [6.07, 6.45) is 4.05. The number of hydrogen-bond donors (Lipinski definition) is 2. The highest BCUT2D eigenvalue weighted by Gasteiger charge is 2.08. The third-order valence-corrected chi connectivity index (χ3v) is 4.64. The second-order valence-corrected chi connectivity index (χ2v) is 6.97. The zero-order valence-electron chi connectivity index (χ0n) is 15.8. The highest BCUT2D eigenvalue weighted by Crippen LogP contribution is 2.17. The van der Waals surface area contributed by atoms with E-state index in [2.05, 4.69) is 40.5 Å². The highest BCUT2D eigenvalue weighted by atomic mass is 127. The number of fused-ring (bicyclic) bond motifs is 1. The molecule has 6 nitrogen and oxygen atoms in total. The largest absolute Gasteiger partial charge is 0.489 e. The molecule has 0 aliphatic carbocycles. The average molecular weight is 499 g/mol. The zero-order valence-corrected chi connectivity index (χ0v) is 19.0. The monoisotopic (exact) mass is 499 g/mol. The zero-order chi connectivity index (χ0) is 18.4. The fourth-order valence-corrected chi connectivity index (χ4v) is 3.26. The summed E-state index contributed by atoms with van der Waals surface area (Å²) in [7, 11) is 0. The van der Waals surface area contributed by atoms with Gasteiger partial charge in [0.25, 0.3) is 0 Å². The minimum absolute atomic E-state index is 0. The van der Waals surface area contributed by atoms with Gasteiger partial charge in [0.2, 0.25) is 0 Å². The molecule has 8 heteroatoms. The quantitative estimate of drug-likeness (QED) is 0.295. The maximum absolute atomic E-state index is 6.01. The summed E-state index contributed by atoms with van der Waals surface area (Å²) in [6, 6.07) is 8.05. The highest BCUT2D eigenvalue weighted by molar-refractivity contribution is 14.0. The first-order valence-electron chi connectivity index (χ1n) is 8.81. The van der Waals surface area contributed by atoms with Crippen molar-refractivity contribution in [2.24, 2.45) is 4.99 Å². The third kappa shape index (κ3) is 6.10. The molecule has 2 aromatic heterocycles. The minimum atomic E-state index is 0. The topological polar surface area (TPSA) is 63.0 Å². The van der Waals surface area contributed by atoms with Crippen LogP contribution in [0.2, 0.25) is 0 Å². The standard InChI is InChI=1S/C19H25N5OS.HI/c1-4-20-18(22-12-16-13-24-9-10-26-19(24)23-16)21-11-15(3)25-17-8-6-5-7-14(17)2;/h5-10,13,15H,4,11-12H2,1-3H3,(H2,20,21,22);1H. The molecule has 2 heterocycles. The van der Waals surface area contributed by atoms with Crippen LogP contribution in [0.5, 0.6) is 5.75 Å². The normalized spacial score (nSPS) is 12.5. The number of thiazole rings is 1. The van der Waals surface area contributed by atoms with Gasteiger partial charge in [-0.15, -0.1) is 35.3 Å². The van der Waals surface area contributed by atoms with Crippen LogP contribution in [-0.2, 0) is 6.54 Å². The molecule has 3 aromatic rings. The predicted molar refractivity (Wildman–Crippen MR) is 123 cm³/mol. The van der Waals surface area contributed by atoms with E-state index >= 15 is 0 Å². The number of guanidine groups is 1. The number of hydrogen-bond acceptors (Lipinski definition) is 4. The molecule has 3 rings (SSSR count). The van der Waals surface area contributed by atoms with Crippen LogP contribution in [0.15, 0.2) is 47.0 Å². The van der Waals surface area contributed by atoms with Gasteiger partial charge in [-0.05, 0) is 32.4 Å². The lowest BCUT2D eigenvalue weighted by molar-refractivity contribution is 0.222.